The first kappa shape index (κ1) is 19.7. The molecule has 0 aliphatic carbocycles. The fourth-order valence-electron chi connectivity index (χ4n) is 2.50. The lowest BCUT2D eigenvalue weighted by Crippen LogP contribution is -2.27. The lowest BCUT2D eigenvalue weighted by Gasteiger charge is -2.14. The van der Waals surface area contributed by atoms with Crippen molar-refractivity contribution < 1.29 is 19.4 Å². The zero-order valence-electron chi connectivity index (χ0n) is 14.6. The Kier molecular flexibility index (Phi) is 6.08. The van der Waals surface area contributed by atoms with Gasteiger partial charge in [-0.05, 0) is 55.0 Å². The number of hydrogen-bond donors (Lipinski definition) is 1. The molecule has 27 heavy (non-hydrogen) atoms. The summed E-state index contributed by atoms with van der Waals surface area (Å²) in [5.41, 5.74) is 1.40. The van der Waals surface area contributed by atoms with Gasteiger partial charge in [-0.3, -0.25) is 9.69 Å². The number of phenols is 1. The van der Waals surface area contributed by atoms with Crippen molar-refractivity contribution in [2.75, 3.05) is 18.6 Å². The highest BCUT2D eigenvalue weighted by Gasteiger charge is 2.33. The van der Waals surface area contributed by atoms with Crippen LogP contribution in [0.3, 0.4) is 0 Å². The predicted molar refractivity (Wildman–Crippen MR) is 116 cm³/mol. The van der Waals surface area contributed by atoms with Gasteiger partial charge in [0.1, 0.15) is 5.75 Å². The van der Waals surface area contributed by atoms with Gasteiger partial charge in [0.2, 0.25) is 0 Å². The number of methoxy groups -OCH3 is 1. The Morgan fingerprint density at radius 1 is 1.30 bits per heavy atom. The molecule has 0 saturated carbocycles. The lowest BCUT2D eigenvalue weighted by atomic mass is 10.1. The summed E-state index contributed by atoms with van der Waals surface area (Å²) in [6, 6.07) is 10.4. The number of anilines is 1. The van der Waals surface area contributed by atoms with Gasteiger partial charge in [0.05, 0.1) is 24.3 Å². The zero-order chi connectivity index (χ0) is 19.6. The van der Waals surface area contributed by atoms with Crippen molar-refractivity contribution in [1.82, 2.24) is 0 Å². The monoisotopic (exact) mass is 465 g/mol. The van der Waals surface area contributed by atoms with E-state index in [0.717, 1.165) is 0 Å². The third-order valence-electron chi connectivity index (χ3n) is 3.79. The molecule has 1 aliphatic rings. The molecule has 2 aromatic rings. The fraction of sp³-hybridized carbons (Fsp3) is 0.158. The first-order chi connectivity index (χ1) is 12.9. The van der Waals surface area contributed by atoms with Crippen LogP contribution in [0.15, 0.2) is 45.8 Å². The molecule has 1 saturated heterocycles. The third kappa shape index (κ3) is 4.12. The molecule has 1 aliphatic heterocycles. The maximum absolute atomic E-state index is 12.9. The molecule has 1 fully saturated rings. The Labute approximate surface area is 175 Å². The van der Waals surface area contributed by atoms with Crippen molar-refractivity contribution in [3.8, 4) is 17.2 Å². The minimum atomic E-state index is -0.201. The van der Waals surface area contributed by atoms with Crippen LogP contribution in [0.5, 0.6) is 17.2 Å². The smallest absolute Gasteiger partial charge is 0.270 e. The van der Waals surface area contributed by atoms with Gasteiger partial charge >= 0.3 is 0 Å². The first-order valence-corrected chi connectivity index (χ1v) is 10.0. The number of phenolic OH excluding ortho intramolecular Hbond substituents is 1. The molecule has 0 unspecified atom stereocenters. The van der Waals surface area contributed by atoms with E-state index in [4.69, 9.17) is 21.7 Å². The second-order valence-corrected chi connectivity index (χ2v) is 8.02. The molecule has 1 N–H and O–H groups in total. The number of carbonyl (C=O) groups is 1. The SMILES string of the molecule is CCOc1cc(/C=C2/SC(=S)N(c3ccc(OC)cc3)C2=O)c(Br)cc1O. The van der Waals surface area contributed by atoms with Crippen molar-refractivity contribution >= 4 is 61.9 Å². The Bertz CT molecular complexity index is 928. The molecular weight excluding hydrogens is 450 g/mol. The van der Waals surface area contributed by atoms with Crippen molar-refractivity contribution in [3.05, 3.63) is 51.3 Å². The lowest BCUT2D eigenvalue weighted by molar-refractivity contribution is -0.113. The predicted octanol–water partition coefficient (Wildman–Crippen LogP) is 4.97. The maximum Gasteiger partial charge on any atom is 0.270 e. The third-order valence-corrected chi connectivity index (χ3v) is 5.78. The standard InChI is InChI=1S/C19H16BrNO4S2/c1-3-25-16-8-11(14(20)10-15(16)22)9-17-18(23)21(19(26)27-17)12-4-6-13(24-2)7-5-12/h4-10,22H,3H2,1-2H3/b17-9+. The second-order valence-electron chi connectivity index (χ2n) is 5.49. The number of thioether (sulfide) groups is 1. The number of hydrogen-bond acceptors (Lipinski definition) is 6. The Morgan fingerprint density at radius 2 is 2.00 bits per heavy atom. The van der Waals surface area contributed by atoms with E-state index >= 15 is 0 Å². The topological polar surface area (TPSA) is 59.0 Å². The van der Waals surface area contributed by atoms with Gasteiger partial charge in [-0.1, -0.05) is 39.9 Å². The van der Waals surface area contributed by atoms with Crippen LogP contribution in [0.2, 0.25) is 0 Å². The molecule has 0 radical (unpaired) electrons. The highest BCUT2D eigenvalue weighted by Crippen LogP contribution is 2.39. The normalized spacial score (nSPS) is 15.5. The van der Waals surface area contributed by atoms with Crippen LogP contribution in [0.25, 0.3) is 6.08 Å². The summed E-state index contributed by atoms with van der Waals surface area (Å²) in [4.78, 5) is 14.9. The number of amides is 1. The summed E-state index contributed by atoms with van der Waals surface area (Å²) < 4.78 is 11.7. The molecule has 0 spiro atoms. The summed E-state index contributed by atoms with van der Waals surface area (Å²) in [6.45, 7) is 2.26. The zero-order valence-corrected chi connectivity index (χ0v) is 17.8. The van der Waals surface area contributed by atoms with E-state index in [2.05, 4.69) is 15.9 Å². The molecule has 0 bridgehead atoms. The maximum atomic E-state index is 12.9. The van der Waals surface area contributed by atoms with E-state index in [0.29, 0.717) is 43.1 Å². The van der Waals surface area contributed by atoms with Crippen LogP contribution in [-0.4, -0.2) is 29.1 Å². The van der Waals surface area contributed by atoms with Gasteiger partial charge in [-0.2, -0.15) is 0 Å². The second kappa shape index (κ2) is 8.33. The molecule has 1 amide bonds. The quantitative estimate of drug-likeness (QED) is 0.496. The highest BCUT2D eigenvalue weighted by molar-refractivity contribution is 9.10. The molecule has 0 atom stereocenters. The minimum Gasteiger partial charge on any atom is -0.504 e. The van der Waals surface area contributed by atoms with Crippen molar-refractivity contribution in [3.63, 3.8) is 0 Å². The number of nitrogens with zero attached hydrogens (tertiary/aromatic N) is 1. The van der Waals surface area contributed by atoms with E-state index in [-0.39, 0.29) is 11.7 Å². The summed E-state index contributed by atoms with van der Waals surface area (Å²) in [7, 11) is 1.59. The van der Waals surface area contributed by atoms with E-state index in [1.54, 1.807) is 49.6 Å². The van der Waals surface area contributed by atoms with Gasteiger partial charge < -0.3 is 14.6 Å². The van der Waals surface area contributed by atoms with E-state index < -0.39 is 0 Å². The Morgan fingerprint density at radius 3 is 2.63 bits per heavy atom. The van der Waals surface area contributed by atoms with Crippen LogP contribution in [0, 0.1) is 0 Å². The molecule has 0 aromatic heterocycles. The van der Waals surface area contributed by atoms with E-state index in [1.165, 1.54) is 16.7 Å². The van der Waals surface area contributed by atoms with Crippen molar-refractivity contribution in [2.45, 2.75) is 6.92 Å². The van der Waals surface area contributed by atoms with Crippen LogP contribution < -0.4 is 14.4 Å². The first-order valence-electron chi connectivity index (χ1n) is 8.02. The van der Waals surface area contributed by atoms with Crippen LogP contribution in [0.1, 0.15) is 12.5 Å². The fourth-order valence-corrected chi connectivity index (χ4v) is 4.24. The van der Waals surface area contributed by atoms with Gasteiger partial charge in [-0.25, -0.2) is 0 Å². The van der Waals surface area contributed by atoms with Crippen molar-refractivity contribution in [1.29, 1.82) is 0 Å². The molecule has 1 heterocycles. The molecule has 5 nitrogen and oxygen atoms in total. The number of carbonyl (C=O) groups excluding carboxylic acids is 1. The number of thiocarbonyl (C=S) groups is 1. The molecule has 140 valence electrons. The van der Waals surface area contributed by atoms with Gasteiger partial charge in [0, 0.05) is 4.47 Å². The summed E-state index contributed by atoms with van der Waals surface area (Å²) in [6.07, 6.45) is 1.73. The highest BCUT2D eigenvalue weighted by atomic mass is 79.9. The Balaban J connectivity index is 1.93. The number of rotatable bonds is 5. The summed E-state index contributed by atoms with van der Waals surface area (Å²) in [5.74, 6) is 0.897. The average molecular weight is 466 g/mol. The molecule has 8 heteroatoms. The summed E-state index contributed by atoms with van der Waals surface area (Å²) in [5, 5.41) is 9.95. The van der Waals surface area contributed by atoms with E-state index in [1.807, 2.05) is 6.92 Å². The van der Waals surface area contributed by atoms with Crippen LogP contribution in [-0.2, 0) is 4.79 Å². The number of benzene rings is 2. The molecule has 2 aromatic carbocycles. The Hall–Kier alpha value is -2.03. The average Bonchev–Trinajstić information content (AvgIpc) is 2.93. The van der Waals surface area contributed by atoms with Crippen molar-refractivity contribution in [2.24, 2.45) is 0 Å². The van der Waals surface area contributed by atoms with Crippen LogP contribution >= 0.6 is 39.9 Å². The largest absolute Gasteiger partial charge is 0.504 e. The molecular formula is C19H16BrNO4S2. The van der Waals surface area contributed by atoms with Crippen LogP contribution in [0.4, 0.5) is 5.69 Å². The van der Waals surface area contributed by atoms with Gasteiger partial charge in [0.15, 0.2) is 15.8 Å². The number of ether oxygens (including phenoxy) is 2. The van der Waals surface area contributed by atoms with E-state index in [9.17, 15) is 9.90 Å². The molecule has 3 rings (SSSR count). The number of halogens is 1. The van der Waals surface area contributed by atoms with Gasteiger partial charge in [-0.15, -0.1) is 0 Å². The minimum absolute atomic E-state index is 0.0339. The van der Waals surface area contributed by atoms with Gasteiger partial charge in [0.25, 0.3) is 5.91 Å². The number of aromatic hydroxyl groups is 1. The summed E-state index contributed by atoms with van der Waals surface area (Å²) >= 11 is 10.0.